The van der Waals surface area contributed by atoms with E-state index in [9.17, 15) is 14.0 Å². The molecule has 1 N–H and O–H groups in total. The van der Waals surface area contributed by atoms with Crippen LogP contribution < -0.4 is 10.7 Å². The van der Waals surface area contributed by atoms with Gasteiger partial charge in [0.25, 0.3) is 5.91 Å². The molecule has 0 radical (unpaired) electrons. The summed E-state index contributed by atoms with van der Waals surface area (Å²) in [5.74, 6) is -0.407. The van der Waals surface area contributed by atoms with E-state index < -0.39 is 17.2 Å². The number of fused-ring (bicyclic) bond motifs is 1. The summed E-state index contributed by atoms with van der Waals surface area (Å²) in [6.07, 6.45) is 1.01. The van der Waals surface area contributed by atoms with Crippen molar-refractivity contribution in [3.8, 4) is 0 Å². The zero-order valence-electron chi connectivity index (χ0n) is 12.5. The lowest BCUT2D eigenvalue weighted by atomic mass is 10.2. The third-order valence-electron chi connectivity index (χ3n) is 2.97. The van der Waals surface area contributed by atoms with E-state index >= 15 is 0 Å². The molecular weight excluding hydrogens is 353 g/mol. The molecule has 6 nitrogen and oxygen atoms in total. The molecule has 24 heavy (non-hydrogen) atoms. The van der Waals surface area contributed by atoms with Gasteiger partial charge < -0.3 is 4.42 Å². The van der Waals surface area contributed by atoms with Crippen LogP contribution in [0.25, 0.3) is 11.0 Å². The summed E-state index contributed by atoms with van der Waals surface area (Å²) in [5.41, 5.74) is -0.345. The van der Waals surface area contributed by atoms with Gasteiger partial charge in [-0.1, -0.05) is 30.0 Å². The van der Waals surface area contributed by atoms with Crippen LogP contribution >= 0.6 is 23.1 Å². The van der Waals surface area contributed by atoms with Gasteiger partial charge in [0.1, 0.15) is 11.4 Å². The monoisotopic (exact) mass is 365 g/mol. The summed E-state index contributed by atoms with van der Waals surface area (Å²) < 4.78 is 19.3. The highest BCUT2D eigenvalue weighted by Crippen LogP contribution is 2.26. The molecule has 0 unspecified atom stereocenters. The molecule has 3 aromatic rings. The molecule has 3 rings (SSSR count). The number of nitrogens with zero attached hydrogens (tertiary/aromatic N) is 2. The summed E-state index contributed by atoms with van der Waals surface area (Å²) in [6.45, 7) is 2.06. The zero-order chi connectivity index (χ0) is 17.1. The number of benzene rings is 1. The van der Waals surface area contributed by atoms with Crippen LogP contribution in [0.5, 0.6) is 0 Å². The fourth-order valence-corrected chi connectivity index (χ4v) is 3.58. The summed E-state index contributed by atoms with van der Waals surface area (Å²) in [6, 6.07) is 4.58. The molecule has 0 aliphatic heterocycles. The minimum Gasteiger partial charge on any atom is -0.451 e. The lowest BCUT2D eigenvalue weighted by Gasteiger charge is -2.02. The second kappa shape index (κ2) is 7.10. The van der Waals surface area contributed by atoms with E-state index in [-0.39, 0.29) is 16.7 Å². The summed E-state index contributed by atoms with van der Waals surface area (Å²) in [5, 5.41) is 10.8. The van der Waals surface area contributed by atoms with Crippen LogP contribution in [-0.2, 0) is 0 Å². The first-order valence-corrected chi connectivity index (χ1v) is 8.88. The standard InChI is InChI=1S/C15H12FN3O3S2/c1-2-5-23-15-19-18-14(24-15)17-13(21)12-7-10(20)9-6-8(16)3-4-11(9)22-12/h3-4,6-7H,2,5H2,1H3,(H,17,18,21). The SMILES string of the molecule is CCCSc1nnc(NC(=O)c2cc(=O)c3cc(F)ccc3o2)s1. The molecule has 0 bridgehead atoms. The van der Waals surface area contributed by atoms with Crippen LogP contribution in [-0.4, -0.2) is 21.9 Å². The molecule has 0 atom stereocenters. The van der Waals surface area contributed by atoms with Crippen molar-refractivity contribution >= 4 is 45.1 Å². The molecule has 2 heterocycles. The summed E-state index contributed by atoms with van der Waals surface area (Å²) in [4.78, 5) is 24.2. The number of rotatable bonds is 5. The van der Waals surface area contributed by atoms with Crippen LogP contribution in [0, 0.1) is 5.82 Å². The second-order valence-corrected chi connectivity index (χ2v) is 7.11. The van der Waals surface area contributed by atoms with Crippen molar-refractivity contribution in [2.45, 2.75) is 17.7 Å². The Morgan fingerprint density at radius 3 is 3.00 bits per heavy atom. The van der Waals surface area contributed by atoms with Gasteiger partial charge in [0.2, 0.25) is 5.13 Å². The van der Waals surface area contributed by atoms with E-state index in [2.05, 4.69) is 22.4 Å². The van der Waals surface area contributed by atoms with Crippen molar-refractivity contribution in [2.24, 2.45) is 0 Å². The van der Waals surface area contributed by atoms with Crippen LogP contribution in [0.4, 0.5) is 9.52 Å². The predicted molar refractivity (Wildman–Crippen MR) is 91.3 cm³/mol. The van der Waals surface area contributed by atoms with Gasteiger partial charge in [-0.25, -0.2) is 4.39 Å². The average molecular weight is 365 g/mol. The number of hydrogen-bond donors (Lipinski definition) is 1. The van der Waals surface area contributed by atoms with Crippen LogP contribution in [0.2, 0.25) is 0 Å². The molecule has 0 aliphatic carbocycles. The molecule has 9 heteroatoms. The van der Waals surface area contributed by atoms with Crippen molar-refractivity contribution in [3.63, 3.8) is 0 Å². The molecule has 0 saturated carbocycles. The van der Waals surface area contributed by atoms with Crippen molar-refractivity contribution in [2.75, 3.05) is 11.1 Å². The molecule has 1 aromatic carbocycles. The number of carbonyl (C=O) groups is 1. The highest BCUT2D eigenvalue weighted by atomic mass is 32.2. The minimum absolute atomic E-state index is 0.0840. The first-order chi connectivity index (χ1) is 11.6. The van der Waals surface area contributed by atoms with Crippen molar-refractivity contribution < 1.29 is 13.6 Å². The average Bonchev–Trinajstić information content (AvgIpc) is 3.00. The number of carbonyl (C=O) groups excluding carboxylic acids is 1. The number of halogens is 1. The first kappa shape index (κ1) is 16.6. The molecule has 1 amide bonds. The third-order valence-corrected chi connectivity index (χ3v) is 5.15. The number of thioether (sulfide) groups is 1. The number of hydrogen-bond acceptors (Lipinski definition) is 7. The number of amides is 1. The molecule has 124 valence electrons. The molecule has 2 aromatic heterocycles. The Bertz CT molecular complexity index is 955. The number of anilines is 1. The van der Waals surface area contributed by atoms with Gasteiger partial charge in [-0.15, -0.1) is 10.2 Å². The third kappa shape index (κ3) is 3.62. The van der Waals surface area contributed by atoms with Crippen molar-refractivity contribution in [3.05, 3.63) is 46.1 Å². The maximum Gasteiger partial charge on any atom is 0.293 e. The van der Waals surface area contributed by atoms with Gasteiger partial charge in [-0.3, -0.25) is 14.9 Å². The Morgan fingerprint density at radius 1 is 1.38 bits per heavy atom. The lowest BCUT2D eigenvalue weighted by Crippen LogP contribution is -2.14. The van der Waals surface area contributed by atoms with E-state index in [1.54, 1.807) is 11.8 Å². The summed E-state index contributed by atoms with van der Waals surface area (Å²) in [7, 11) is 0. The van der Waals surface area contributed by atoms with Crippen molar-refractivity contribution in [1.29, 1.82) is 0 Å². The van der Waals surface area contributed by atoms with Gasteiger partial charge in [0.05, 0.1) is 5.39 Å². The predicted octanol–water partition coefficient (Wildman–Crippen LogP) is 3.54. The van der Waals surface area contributed by atoms with Crippen LogP contribution in [0.3, 0.4) is 0 Å². The van der Waals surface area contributed by atoms with E-state index in [1.165, 1.54) is 17.4 Å². The zero-order valence-corrected chi connectivity index (χ0v) is 14.2. The van der Waals surface area contributed by atoms with Crippen LogP contribution in [0.1, 0.15) is 23.9 Å². The Labute approximate surface area is 144 Å². The Kier molecular flexibility index (Phi) is 4.91. The first-order valence-electron chi connectivity index (χ1n) is 7.08. The number of aromatic nitrogens is 2. The smallest absolute Gasteiger partial charge is 0.293 e. The normalized spacial score (nSPS) is 10.9. The molecule has 0 aliphatic rings. The maximum absolute atomic E-state index is 13.2. The van der Waals surface area contributed by atoms with Gasteiger partial charge in [-0.2, -0.15) is 0 Å². The maximum atomic E-state index is 13.2. The fraction of sp³-hybridized carbons (Fsp3) is 0.200. The topological polar surface area (TPSA) is 85.1 Å². The Balaban J connectivity index is 1.82. The second-order valence-electron chi connectivity index (χ2n) is 4.79. The largest absolute Gasteiger partial charge is 0.451 e. The van der Waals surface area contributed by atoms with Gasteiger partial charge in [0, 0.05) is 11.8 Å². The number of nitrogens with one attached hydrogen (secondary N) is 1. The highest BCUT2D eigenvalue weighted by Gasteiger charge is 2.15. The van der Waals surface area contributed by atoms with E-state index in [0.717, 1.165) is 34.7 Å². The Morgan fingerprint density at radius 2 is 2.21 bits per heavy atom. The van der Waals surface area contributed by atoms with Gasteiger partial charge in [-0.05, 0) is 24.6 Å². The molecule has 0 saturated heterocycles. The quantitative estimate of drug-likeness (QED) is 0.550. The van der Waals surface area contributed by atoms with E-state index in [4.69, 9.17) is 4.42 Å². The highest BCUT2D eigenvalue weighted by molar-refractivity contribution is 8.01. The summed E-state index contributed by atoms with van der Waals surface area (Å²) >= 11 is 2.80. The van der Waals surface area contributed by atoms with Crippen molar-refractivity contribution in [1.82, 2.24) is 10.2 Å². The molecule has 0 spiro atoms. The minimum atomic E-state index is -0.610. The fourth-order valence-electron chi connectivity index (χ4n) is 1.91. The van der Waals surface area contributed by atoms with Gasteiger partial charge >= 0.3 is 0 Å². The Hall–Kier alpha value is -2.26. The van der Waals surface area contributed by atoms with Crippen LogP contribution in [0.15, 0.2) is 37.8 Å². The van der Waals surface area contributed by atoms with Gasteiger partial charge in [0.15, 0.2) is 15.5 Å². The molecular formula is C15H12FN3O3S2. The molecule has 0 fully saturated rings. The lowest BCUT2D eigenvalue weighted by molar-refractivity contribution is 0.0997. The van der Waals surface area contributed by atoms with E-state index in [1.807, 2.05) is 0 Å². The van der Waals surface area contributed by atoms with E-state index in [0.29, 0.717) is 5.13 Å².